The van der Waals surface area contributed by atoms with Gasteiger partial charge in [-0.3, -0.25) is 19.3 Å². The lowest BCUT2D eigenvalue weighted by Gasteiger charge is -2.27. The number of hydrogen-bond acceptors (Lipinski definition) is 5. The summed E-state index contributed by atoms with van der Waals surface area (Å²) in [6, 6.07) is 3.60. The van der Waals surface area contributed by atoms with E-state index >= 15 is 0 Å². The molecule has 2 aliphatic rings. The van der Waals surface area contributed by atoms with Crippen LogP contribution in [0.5, 0.6) is 5.75 Å². The quantitative estimate of drug-likeness (QED) is 0.380. The lowest BCUT2D eigenvalue weighted by atomic mass is 10.1. The van der Waals surface area contributed by atoms with E-state index in [1.54, 1.807) is 29.2 Å². The molecule has 3 rings (SSSR count). The molecule has 0 bridgehead atoms. The van der Waals surface area contributed by atoms with Crippen LogP contribution >= 0.6 is 43.6 Å². The fraction of sp³-hybridized carbons (Fsp3) is 0.350. The molecule has 154 valence electrons. The lowest BCUT2D eigenvalue weighted by molar-refractivity contribution is -0.136. The van der Waals surface area contributed by atoms with E-state index in [2.05, 4.69) is 38.4 Å². The number of rotatable bonds is 6. The first-order chi connectivity index (χ1) is 13.9. The highest BCUT2D eigenvalue weighted by atomic mass is 79.9. The predicted molar refractivity (Wildman–Crippen MR) is 121 cm³/mol. The molecule has 1 aromatic rings. The van der Waals surface area contributed by atoms with Gasteiger partial charge in [-0.2, -0.15) is 0 Å². The van der Waals surface area contributed by atoms with Crippen molar-refractivity contribution in [3.63, 3.8) is 0 Å². The number of halogens is 2. The fourth-order valence-electron chi connectivity index (χ4n) is 3.11. The van der Waals surface area contributed by atoms with Crippen LogP contribution in [-0.4, -0.2) is 53.1 Å². The summed E-state index contributed by atoms with van der Waals surface area (Å²) >= 11 is 7.76. The van der Waals surface area contributed by atoms with Crippen molar-refractivity contribution in [2.75, 3.05) is 26.2 Å². The van der Waals surface area contributed by atoms with Crippen molar-refractivity contribution in [3.8, 4) is 5.75 Å². The van der Waals surface area contributed by atoms with Gasteiger partial charge in [0.05, 0.1) is 13.9 Å². The summed E-state index contributed by atoms with van der Waals surface area (Å²) in [6.45, 7) is 5.16. The van der Waals surface area contributed by atoms with Crippen molar-refractivity contribution in [2.24, 2.45) is 0 Å². The number of benzene rings is 1. The van der Waals surface area contributed by atoms with Gasteiger partial charge >= 0.3 is 0 Å². The summed E-state index contributed by atoms with van der Waals surface area (Å²) in [4.78, 5) is 40.5. The van der Waals surface area contributed by atoms with E-state index in [0.717, 1.165) is 41.5 Å². The van der Waals surface area contributed by atoms with E-state index in [1.165, 1.54) is 0 Å². The average molecular weight is 544 g/mol. The molecule has 0 atom stereocenters. The zero-order valence-electron chi connectivity index (χ0n) is 15.7. The highest BCUT2D eigenvalue weighted by molar-refractivity contribution is 9.11. The van der Waals surface area contributed by atoms with Gasteiger partial charge in [0.15, 0.2) is 0 Å². The first-order valence-electron chi connectivity index (χ1n) is 9.16. The number of piperidine rings is 1. The average Bonchev–Trinajstić information content (AvgIpc) is 2.95. The molecular formula is C20H20Br2N2O4S. The van der Waals surface area contributed by atoms with Crippen LogP contribution in [0.4, 0.5) is 4.79 Å². The molecule has 1 aromatic carbocycles. The number of nitrogens with zero attached hydrogens (tertiary/aromatic N) is 2. The molecule has 0 aliphatic carbocycles. The van der Waals surface area contributed by atoms with Crippen molar-refractivity contribution in [1.29, 1.82) is 0 Å². The number of ether oxygens (including phenoxy) is 1. The van der Waals surface area contributed by atoms with Gasteiger partial charge in [-0.1, -0.05) is 12.7 Å². The zero-order chi connectivity index (χ0) is 21.0. The highest BCUT2D eigenvalue weighted by Gasteiger charge is 2.37. The minimum absolute atomic E-state index is 0.178. The highest BCUT2D eigenvalue weighted by Crippen LogP contribution is 2.37. The number of imide groups is 1. The second kappa shape index (κ2) is 9.95. The number of carbonyl (C=O) groups excluding carboxylic acids is 3. The third-order valence-corrected chi connectivity index (χ3v) is 6.63. The third-order valence-electron chi connectivity index (χ3n) is 4.54. The van der Waals surface area contributed by atoms with E-state index in [-0.39, 0.29) is 12.5 Å². The van der Waals surface area contributed by atoms with Gasteiger partial charge in [0.25, 0.3) is 11.1 Å². The van der Waals surface area contributed by atoms with E-state index in [0.29, 0.717) is 39.3 Å². The molecule has 0 unspecified atom stereocenters. The molecule has 0 radical (unpaired) electrons. The van der Waals surface area contributed by atoms with Gasteiger partial charge in [0.1, 0.15) is 18.9 Å². The summed E-state index contributed by atoms with van der Waals surface area (Å²) in [6.07, 6.45) is 6.32. The third kappa shape index (κ3) is 5.32. The first kappa shape index (κ1) is 22.1. The zero-order valence-corrected chi connectivity index (χ0v) is 19.6. The Labute approximate surface area is 190 Å². The largest absolute Gasteiger partial charge is 0.487 e. The molecule has 0 saturated carbocycles. The Morgan fingerprint density at radius 3 is 2.45 bits per heavy atom. The minimum Gasteiger partial charge on any atom is -0.487 e. The molecule has 3 amide bonds. The van der Waals surface area contributed by atoms with Crippen LogP contribution in [0.25, 0.3) is 6.08 Å². The maximum absolute atomic E-state index is 12.7. The second-order valence-electron chi connectivity index (χ2n) is 6.62. The number of thioether (sulfide) groups is 1. The number of carbonyl (C=O) groups is 3. The van der Waals surface area contributed by atoms with E-state index in [4.69, 9.17) is 4.74 Å². The van der Waals surface area contributed by atoms with Gasteiger partial charge in [-0.05, 0) is 86.7 Å². The van der Waals surface area contributed by atoms with E-state index in [1.807, 2.05) is 0 Å². The van der Waals surface area contributed by atoms with Crippen LogP contribution in [0, 0.1) is 0 Å². The molecular weight excluding hydrogens is 524 g/mol. The number of likely N-dealkylation sites (tertiary alicyclic amines) is 1. The van der Waals surface area contributed by atoms with Crippen LogP contribution in [-0.2, 0) is 9.59 Å². The Bertz CT molecular complexity index is 858. The summed E-state index contributed by atoms with van der Waals surface area (Å²) in [5.41, 5.74) is 0.725. The SMILES string of the molecule is C=CCOc1c(Br)cc(/C=C2\SC(=O)N(CC(=O)N3CCCCC3)C2=O)cc1Br. The minimum atomic E-state index is -0.440. The van der Waals surface area contributed by atoms with Crippen molar-refractivity contribution >= 4 is 66.8 Å². The monoisotopic (exact) mass is 542 g/mol. The molecule has 2 aliphatic heterocycles. The van der Waals surface area contributed by atoms with Crippen molar-refractivity contribution in [2.45, 2.75) is 19.3 Å². The molecule has 2 heterocycles. The second-order valence-corrected chi connectivity index (χ2v) is 9.32. The molecule has 0 spiro atoms. The van der Waals surface area contributed by atoms with Gasteiger partial charge in [0.2, 0.25) is 5.91 Å². The summed E-state index contributed by atoms with van der Waals surface area (Å²) in [5, 5.41) is -0.421. The molecule has 0 N–H and O–H groups in total. The topological polar surface area (TPSA) is 66.9 Å². The Balaban J connectivity index is 1.74. The Hall–Kier alpha value is -1.58. The number of hydrogen-bond donors (Lipinski definition) is 0. The van der Waals surface area contributed by atoms with Gasteiger partial charge in [-0.25, -0.2) is 0 Å². The summed E-state index contributed by atoms with van der Waals surface area (Å²) in [5.74, 6) is 0.00864. The van der Waals surface area contributed by atoms with Crippen LogP contribution in [0.15, 0.2) is 38.6 Å². The maximum atomic E-state index is 12.7. The fourth-order valence-corrected chi connectivity index (χ4v) is 5.40. The number of amides is 3. The van der Waals surface area contributed by atoms with Crippen LogP contribution < -0.4 is 4.74 Å². The lowest BCUT2D eigenvalue weighted by Crippen LogP contribution is -2.44. The van der Waals surface area contributed by atoms with E-state index < -0.39 is 11.1 Å². The Morgan fingerprint density at radius 1 is 1.17 bits per heavy atom. The van der Waals surface area contributed by atoms with Gasteiger partial charge in [-0.15, -0.1) is 0 Å². The van der Waals surface area contributed by atoms with Crippen molar-refractivity contribution in [1.82, 2.24) is 9.80 Å². The normalized spacial score (nSPS) is 18.5. The smallest absolute Gasteiger partial charge is 0.294 e. The summed E-state index contributed by atoms with van der Waals surface area (Å²) in [7, 11) is 0. The molecule has 2 saturated heterocycles. The Kier molecular flexibility index (Phi) is 7.59. The van der Waals surface area contributed by atoms with Crippen LogP contribution in [0.1, 0.15) is 24.8 Å². The van der Waals surface area contributed by atoms with Crippen molar-refractivity contribution in [3.05, 3.63) is 44.2 Å². The molecule has 9 heteroatoms. The van der Waals surface area contributed by atoms with Crippen LogP contribution in [0.2, 0.25) is 0 Å². The maximum Gasteiger partial charge on any atom is 0.294 e. The molecule has 29 heavy (non-hydrogen) atoms. The van der Waals surface area contributed by atoms with Gasteiger partial charge < -0.3 is 9.64 Å². The molecule has 0 aromatic heterocycles. The standard InChI is InChI=1S/C20H20Br2N2O4S/c1-2-8-28-18-14(21)9-13(10-15(18)22)11-16-19(26)24(20(27)29-16)12-17(25)23-6-4-3-5-7-23/h2,9-11H,1,3-8,12H2/b16-11-. The van der Waals surface area contributed by atoms with Crippen molar-refractivity contribution < 1.29 is 19.1 Å². The molecule has 6 nitrogen and oxygen atoms in total. The predicted octanol–water partition coefficient (Wildman–Crippen LogP) is 4.83. The first-order valence-corrected chi connectivity index (χ1v) is 11.6. The van der Waals surface area contributed by atoms with E-state index in [9.17, 15) is 14.4 Å². The van der Waals surface area contributed by atoms with Gasteiger partial charge in [0, 0.05) is 13.1 Å². The Morgan fingerprint density at radius 2 is 1.83 bits per heavy atom. The molecule has 2 fully saturated rings. The van der Waals surface area contributed by atoms with Crippen LogP contribution in [0.3, 0.4) is 0 Å². The summed E-state index contributed by atoms with van der Waals surface area (Å²) < 4.78 is 7.00.